The second kappa shape index (κ2) is 10.8. The van der Waals surface area contributed by atoms with Crippen LogP contribution in [0.2, 0.25) is 10.0 Å². The van der Waals surface area contributed by atoms with E-state index in [0.29, 0.717) is 16.6 Å². The summed E-state index contributed by atoms with van der Waals surface area (Å²) in [7, 11) is 0. The number of nitrogens with one attached hydrogen (secondary N) is 2. The van der Waals surface area contributed by atoms with Crippen LogP contribution in [0.5, 0.6) is 0 Å². The van der Waals surface area contributed by atoms with Gasteiger partial charge >= 0.3 is 0 Å². The van der Waals surface area contributed by atoms with E-state index < -0.39 is 0 Å². The molecule has 4 aromatic rings. The van der Waals surface area contributed by atoms with Crippen molar-refractivity contribution in [3.05, 3.63) is 71.0 Å². The Labute approximate surface area is 197 Å². The first-order chi connectivity index (χ1) is 15.6. The molecule has 0 aliphatic carbocycles. The molecule has 0 amide bonds. The van der Waals surface area contributed by atoms with Gasteiger partial charge in [-0.15, -0.1) is 0 Å². The summed E-state index contributed by atoms with van der Waals surface area (Å²) in [6.07, 6.45) is 3.60. The van der Waals surface area contributed by atoms with Crippen LogP contribution in [0.3, 0.4) is 0 Å². The van der Waals surface area contributed by atoms with Crippen molar-refractivity contribution < 1.29 is 0 Å². The van der Waals surface area contributed by atoms with Crippen molar-refractivity contribution in [3.8, 4) is 0 Å². The molecule has 166 valence electrons. The average molecular weight is 469 g/mol. The van der Waals surface area contributed by atoms with Crippen molar-refractivity contribution >= 4 is 56.4 Å². The van der Waals surface area contributed by atoms with E-state index in [1.165, 1.54) is 0 Å². The Morgan fingerprint density at radius 1 is 0.719 bits per heavy atom. The standard InChI is InChI=1S/C24H26Cl2N6/c25-17-1-3-19-21(5-8-28-23(19)15-17)30-10-13-32(12-7-27)14-11-31-22-6-9-29-24-16-18(26)2-4-20(22)24/h1-6,8-9,15-16H,7,10-14,27H2,(H,28,30)(H,29,31). The Morgan fingerprint density at radius 2 is 1.22 bits per heavy atom. The van der Waals surface area contributed by atoms with Gasteiger partial charge in [0, 0.05) is 83.9 Å². The minimum atomic E-state index is 0.618. The predicted octanol–water partition coefficient (Wildman–Crippen LogP) is 4.87. The summed E-state index contributed by atoms with van der Waals surface area (Å²) >= 11 is 12.2. The predicted molar refractivity (Wildman–Crippen MR) is 136 cm³/mol. The van der Waals surface area contributed by atoms with Crippen molar-refractivity contribution in [2.75, 3.05) is 49.9 Å². The van der Waals surface area contributed by atoms with Crippen LogP contribution in [-0.2, 0) is 0 Å². The lowest BCUT2D eigenvalue weighted by Gasteiger charge is -2.23. The number of nitrogens with two attached hydrogens (primary N) is 1. The maximum Gasteiger partial charge on any atom is 0.0737 e. The smallest absolute Gasteiger partial charge is 0.0737 e. The van der Waals surface area contributed by atoms with E-state index >= 15 is 0 Å². The van der Waals surface area contributed by atoms with E-state index in [-0.39, 0.29) is 0 Å². The quantitative estimate of drug-likeness (QED) is 0.308. The van der Waals surface area contributed by atoms with Gasteiger partial charge in [-0.05, 0) is 48.5 Å². The average Bonchev–Trinajstić information content (AvgIpc) is 2.79. The molecule has 4 rings (SSSR count). The number of nitrogens with zero attached hydrogens (tertiary/aromatic N) is 3. The second-order valence-electron chi connectivity index (χ2n) is 7.52. The molecule has 0 saturated heterocycles. The largest absolute Gasteiger partial charge is 0.383 e. The Kier molecular flexibility index (Phi) is 7.60. The Bertz CT molecular complexity index is 1110. The highest BCUT2D eigenvalue weighted by atomic mass is 35.5. The first-order valence-corrected chi connectivity index (χ1v) is 11.4. The Morgan fingerprint density at radius 3 is 1.69 bits per heavy atom. The lowest BCUT2D eigenvalue weighted by atomic mass is 10.2. The fourth-order valence-corrected chi connectivity index (χ4v) is 4.10. The van der Waals surface area contributed by atoms with Gasteiger partial charge in [0.05, 0.1) is 11.0 Å². The van der Waals surface area contributed by atoms with Crippen molar-refractivity contribution in [1.29, 1.82) is 0 Å². The van der Waals surface area contributed by atoms with Crippen molar-refractivity contribution in [3.63, 3.8) is 0 Å². The maximum atomic E-state index is 6.09. The van der Waals surface area contributed by atoms with E-state index in [1.807, 2.05) is 48.5 Å². The van der Waals surface area contributed by atoms with Crippen molar-refractivity contribution in [2.24, 2.45) is 5.73 Å². The molecule has 0 unspecified atom stereocenters. The zero-order chi connectivity index (χ0) is 22.3. The van der Waals surface area contributed by atoms with E-state index in [4.69, 9.17) is 28.9 Å². The number of fused-ring (bicyclic) bond motifs is 2. The summed E-state index contributed by atoms with van der Waals surface area (Å²) in [5, 5.41) is 10.6. The number of halogens is 2. The number of hydrogen-bond acceptors (Lipinski definition) is 6. The van der Waals surface area contributed by atoms with Crippen LogP contribution >= 0.6 is 23.2 Å². The lowest BCUT2D eigenvalue weighted by Crippen LogP contribution is -2.36. The van der Waals surface area contributed by atoms with Gasteiger partial charge in [-0.1, -0.05) is 23.2 Å². The van der Waals surface area contributed by atoms with Crippen LogP contribution in [0.15, 0.2) is 60.9 Å². The molecule has 32 heavy (non-hydrogen) atoms. The summed E-state index contributed by atoms with van der Waals surface area (Å²) in [6, 6.07) is 15.5. The summed E-state index contributed by atoms with van der Waals surface area (Å²) in [4.78, 5) is 11.1. The van der Waals surface area contributed by atoms with Crippen LogP contribution in [0.25, 0.3) is 21.8 Å². The van der Waals surface area contributed by atoms with Gasteiger partial charge in [0.2, 0.25) is 0 Å². The van der Waals surface area contributed by atoms with Gasteiger partial charge in [-0.25, -0.2) is 0 Å². The number of aromatic nitrogens is 2. The Balaban J connectivity index is 1.33. The van der Waals surface area contributed by atoms with Gasteiger partial charge in [0.1, 0.15) is 0 Å². The molecular formula is C24H26Cl2N6. The fraction of sp³-hybridized carbons (Fsp3) is 0.250. The highest BCUT2D eigenvalue weighted by Crippen LogP contribution is 2.25. The normalized spacial score (nSPS) is 11.4. The zero-order valence-electron chi connectivity index (χ0n) is 17.7. The molecule has 0 radical (unpaired) electrons. The number of anilines is 2. The number of hydrogen-bond donors (Lipinski definition) is 3. The summed E-state index contributed by atoms with van der Waals surface area (Å²) < 4.78 is 0. The van der Waals surface area contributed by atoms with Crippen LogP contribution in [0.4, 0.5) is 11.4 Å². The monoisotopic (exact) mass is 468 g/mol. The van der Waals surface area contributed by atoms with Crippen LogP contribution in [-0.4, -0.2) is 54.1 Å². The first kappa shape index (κ1) is 22.6. The first-order valence-electron chi connectivity index (χ1n) is 10.6. The van der Waals surface area contributed by atoms with Crippen molar-refractivity contribution in [2.45, 2.75) is 0 Å². The number of rotatable bonds is 10. The fourth-order valence-electron chi connectivity index (χ4n) is 3.77. The highest BCUT2D eigenvalue weighted by molar-refractivity contribution is 6.31. The third kappa shape index (κ3) is 5.58. The summed E-state index contributed by atoms with van der Waals surface area (Å²) in [5.74, 6) is 0. The number of pyridine rings is 2. The second-order valence-corrected chi connectivity index (χ2v) is 8.40. The molecule has 0 atom stereocenters. The third-order valence-corrected chi connectivity index (χ3v) is 5.81. The van der Waals surface area contributed by atoms with Crippen LogP contribution < -0.4 is 16.4 Å². The molecule has 2 heterocycles. The minimum absolute atomic E-state index is 0.618. The third-order valence-electron chi connectivity index (χ3n) is 5.34. The molecule has 6 nitrogen and oxygen atoms in total. The molecule has 4 N–H and O–H groups in total. The lowest BCUT2D eigenvalue weighted by molar-refractivity contribution is 0.303. The summed E-state index contributed by atoms with van der Waals surface area (Å²) in [5.41, 5.74) is 9.73. The molecule has 0 bridgehead atoms. The zero-order valence-corrected chi connectivity index (χ0v) is 19.2. The topological polar surface area (TPSA) is 79.1 Å². The molecular weight excluding hydrogens is 443 g/mol. The Hall–Kier alpha value is -2.64. The summed E-state index contributed by atoms with van der Waals surface area (Å²) in [6.45, 7) is 4.82. The molecule has 2 aromatic carbocycles. The molecule has 0 fully saturated rings. The van der Waals surface area contributed by atoms with Gasteiger partial charge in [-0.2, -0.15) is 0 Å². The van der Waals surface area contributed by atoms with E-state index in [0.717, 1.165) is 65.9 Å². The van der Waals surface area contributed by atoms with E-state index in [2.05, 4.69) is 25.5 Å². The van der Waals surface area contributed by atoms with Gasteiger partial charge in [-0.3, -0.25) is 14.9 Å². The van der Waals surface area contributed by atoms with Gasteiger partial charge < -0.3 is 16.4 Å². The van der Waals surface area contributed by atoms with Crippen molar-refractivity contribution in [1.82, 2.24) is 14.9 Å². The van der Waals surface area contributed by atoms with E-state index in [1.54, 1.807) is 12.4 Å². The van der Waals surface area contributed by atoms with Gasteiger partial charge in [0.15, 0.2) is 0 Å². The highest BCUT2D eigenvalue weighted by Gasteiger charge is 2.07. The molecule has 0 saturated carbocycles. The molecule has 8 heteroatoms. The minimum Gasteiger partial charge on any atom is -0.383 e. The van der Waals surface area contributed by atoms with E-state index in [9.17, 15) is 0 Å². The SMILES string of the molecule is NCCN(CCNc1ccnc2cc(Cl)ccc12)CCNc1ccnc2cc(Cl)ccc12. The molecule has 0 aliphatic heterocycles. The van der Waals surface area contributed by atoms with Crippen LogP contribution in [0, 0.1) is 0 Å². The van der Waals surface area contributed by atoms with Gasteiger partial charge in [0.25, 0.3) is 0 Å². The number of benzene rings is 2. The molecule has 2 aromatic heterocycles. The molecule has 0 spiro atoms. The maximum absolute atomic E-state index is 6.09. The van der Waals surface area contributed by atoms with Crippen LogP contribution in [0.1, 0.15) is 0 Å². The molecule has 0 aliphatic rings.